The second kappa shape index (κ2) is 6.71. The lowest BCUT2D eigenvalue weighted by Gasteiger charge is -2.33. The molecule has 114 valence electrons. The van der Waals surface area contributed by atoms with E-state index in [9.17, 15) is 9.18 Å². The quantitative estimate of drug-likeness (QED) is 0.872. The third kappa shape index (κ3) is 3.34. The Morgan fingerprint density at radius 3 is 2.64 bits per heavy atom. The molecule has 0 radical (unpaired) electrons. The maximum absolute atomic E-state index is 13.8. The summed E-state index contributed by atoms with van der Waals surface area (Å²) in [5.74, 6) is -0.738. The van der Waals surface area contributed by atoms with E-state index in [2.05, 4.69) is 0 Å². The van der Waals surface area contributed by atoms with E-state index in [1.54, 1.807) is 17.0 Å². The van der Waals surface area contributed by atoms with Crippen molar-refractivity contribution in [3.05, 3.63) is 71.5 Å². The molecule has 2 aromatic rings. The zero-order valence-electron chi connectivity index (χ0n) is 12.2. The van der Waals surface area contributed by atoms with Crippen LogP contribution in [-0.4, -0.2) is 36.6 Å². The fourth-order valence-electron chi connectivity index (χ4n) is 2.71. The largest absolute Gasteiger partial charge is 0.374 e. The minimum atomic E-state index is -0.474. The van der Waals surface area contributed by atoms with Gasteiger partial charge in [0.15, 0.2) is 0 Å². The van der Waals surface area contributed by atoms with Gasteiger partial charge in [0.05, 0.1) is 18.3 Å². The van der Waals surface area contributed by atoms with Crippen LogP contribution in [0.4, 0.5) is 4.39 Å². The van der Waals surface area contributed by atoms with Crippen molar-refractivity contribution >= 4 is 5.91 Å². The molecule has 2 aromatic carbocycles. The van der Waals surface area contributed by atoms with Gasteiger partial charge in [-0.05, 0) is 17.7 Å². The van der Waals surface area contributed by atoms with E-state index in [-0.39, 0.29) is 17.6 Å². The van der Waals surface area contributed by atoms with E-state index in [0.717, 1.165) is 6.42 Å². The van der Waals surface area contributed by atoms with Crippen molar-refractivity contribution in [1.82, 2.24) is 4.90 Å². The normalized spacial score (nSPS) is 18.2. The Hall–Kier alpha value is -2.20. The number of hydrogen-bond donors (Lipinski definition) is 0. The maximum atomic E-state index is 13.8. The van der Waals surface area contributed by atoms with Crippen molar-refractivity contribution in [2.24, 2.45) is 0 Å². The second-order valence-corrected chi connectivity index (χ2v) is 5.41. The monoisotopic (exact) mass is 299 g/mol. The molecule has 0 spiro atoms. The molecular formula is C18H18FNO2. The molecule has 22 heavy (non-hydrogen) atoms. The second-order valence-electron chi connectivity index (χ2n) is 5.41. The lowest BCUT2D eigenvalue weighted by atomic mass is 10.1. The summed E-state index contributed by atoms with van der Waals surface area (Å²) in [5.41, 5.74) is 1.30. The van der Waals surface area contributed by atoms with Crippen LogP contribution in [0, 0.1) is 5.82 Å². The Bertz CT molecular complexity index is 645. The van der Waals surface area contributed by atoms with Crippen LogP contribution in [0.15, 0.2) is 54.6 Å². The molecule has 0 saturated carbocycles. The Kier molecular flexibility index (Phi) is 4.49. The average Bonchev–Trinajstić information content (AvgIpc) is 2.56. The van der Waals surface area contributed by atoms with Gasteiger partial charge in [-0.1, -0.05) is 42.5 Å². The number of carbonyl (C=O) groups excluding carboxylic acids is 1. The van der Waals surface area contributed by atoms with E-state index < -0.39 is 5.82 Å². The third-order valence-corrected chi connectivity index (χ3v) is 3.84. The van der Waals surface area contributed by atoms with E-state index in [0.29, 0.717) is 19.7 Å². The summed E-state index contributed by atoms with van der Waals surface area (Å²) in [6.45, 7) is 1.47. The number of ether oxygens (including phenoxy) is 1. The first-order chi connectivity index (χ1) is 10.7. The molecule has 4 heteroatoms. The molecule has 1 unspecified atom stereocenters. The highest BCUT2D eigenvalue weighted by Gasteiger charge is 2.26. The van der Waals surface area contributed by atoms with Crippen LogP contribution < -0.4 is 0 Å². The summed E-state index contributed by atoms with van der Waals surface area (Å²) in [7, 11) is 0. The highest BCUT2D eigenvalue weighted by atomic mass is 19.1. The molecule has 0 N–H and O–H groups in total. The molecule has 0 aromatic heterocycles. The van der Waals surface area contributed by atoms with Crippen LogP contribution in [0.3, 0.4) is 0 Å². The molecular weight excluding hydrogens is 281 g/mol. The number of hydrogen-bond acceptors (Lipinski definition) is 2. The van der Waals surface area contributed by atoms with Gasteiger partial charge in [-0.2, -0.15) is 0 Å². The summed E-state index contributed by atoms with van der Waals surface area (Å²) in [5, 5.41) is 0. The topological polar surface area (TPSA) is 29.5 Å². The maximum Gasteiger partial charge on any atom is 0.256 e. The van der Waals surface area contributed by atoms with Gasteiger partial charge >= 0.3 is 0 Å². The summed E-state index contributed by atoms with van der Waals surface area (Å²) >= 11 is 0. The van der Waals surface area contributed by atoms with Crippen molar-refractivity contribution in [2.45, 2.75) is 12.5 Å². The number of morpholine rings is 1. The number of amides is 1. The first-order valence-corrected chi connectivity index (χ1v) is 7.43. The third-order valence-electron chi connectivity index (χ3n) is 3.84. The number of rotatable bonds is 3. The molecule has 3 rings (SSSR count). The van der Waals surface area contributed by atoms with E-state index in [1.807, 2.05) is 30.3 Å². The molecule has 3 nitrogen and oxygen atoms in total. The first kappa shape index (κ1) is 14.7. The molecule has 1 amide bonds. The van der Waals surface area contributed by atoms with Crippen molar-refractivity contribution in [3.8, 4) is 0 Å². The number of carbonyl (C=O) groups is 1. The Balaban J connectivity index is 1.68. The van der Waals surface area contributed by atoms with Gasteiger partial charge < -0.3 is 9.64 Å². The van der Waals surface area contributed by atoms with Crippen LogP contribution in [0.2, 0.25) is 0 Å². The van der Waals surface area contributed by atoms with Gasteiger partial charge in [0.25, 0.3) is 5.91 Å². The summed E-state index contributed by atoms with van der Waals surface area (Å²) in [6.07, 6.45) is 0.703. The zero-order valence-corrected chi connectivity index (χ0v) is 12.2. The van der Waals surface area contributed by atoms with Gasteiger partial charge in [-0.15, -0.1) is 0 Å². The molecule has 1 aliphatic rings. The molecule has 1 saturated heterocycles. The Morgan fingerprint density at radius 2 is 1.86 bits per heavy atom. The predicted molar refractivity (Wildman–Crippen MR) is 82.2 cm³/mol. The highest BCUT2D eigenvalue weighted by Crippen LogP contribution is 2.16. The lowest BCUT2D eigenvalue weighted by Crippen LogP contribution is -2.46. The van der Waals surface area contributed by atoms with E-state index >= 15 is 0 Å². The van der Waals surface area contributed by atoms with Crippen molar-refractivity contribution in [3.63, 3.8) is 0 Å². The number of benzene rings is 2. The van der Waals surface area contributed by atoms with E-state index in [1.165, 1.54) is 17.7 Å². The smallest absolute Gasteiger partial charge is 0.256 e. The molecule has 1 atom stereocenters. The summed E-state index contributed by atoms with van der Waals surface area (Å²) in [4.78, 5) is 14.1. The van der Waals surface area contributed by atoms with Crippen molar-refractivity contribution in [1.29, 1.82) is 0 Å². The van der Waals surface area contributed by atoms with Crippen LogP contribution in [-0.2, 0) is 11.2 Å². The van der Waals surface area contributed by atoms with Gasteiger partial charge in [0.2, 0.25) is 0 Å². The molecule has 1 heterocycles. The van der Waals surface area contributed by atoms with Crippen LogP contribution >= 0.6 is 0 Å². The lowest BCUT2D eigenvalue weighted by molar-refractivity contribution is -0.0209. The van der Waals surface area contributed by atoms with Crippen LogP contribution in [0.1, 0.15) is 15.9 Å². The van der Waals surface area contributed by atoms with E-state index in [4.69, 9.17) is 4.74 Å². The summed E-state index contributed by atoms with van der Waals surface area (Å²) < 4.78 is 19.5. The standard InChI is InChI=1S/C18H18FNO2/c19-17-9-5-4-8-16(17)18(21)20-10-11-22-15(13-20)12-14-6-2-1-3-7-14/h1-9,15H,10-13H2. The zero-order chi connectivity index (χ0) is 15.4. The van der Waals surface area contributed by atoms with Gasteiger partial charge in [-0.3, -0.25) is 4.79 Å². The highest BCUT2D eigenvalue weighted by molar-refractivity contribution is 5.94. The molecule has 0 bridgehead atoms. The molecule has 0 aliphatic carbocycles. The number of nitrogens with zero attached hydrogens (tertiary/aromatic N) is 1. The minimum absolute atomic E-state index is 0.0492. The summed E-state index contributed by atoms with van der Waals surface area (Å²) in [6, 6.07) is 16.1. The van der Waals surface area contributed by atoms with Crippen molar-refractivity contribution < 1.29 is 13.9 Å². The van der Waals surface area contributed by atoms with Gasteiger partial charge in [-0.25, -0.2) is 4.39 Å². The Morgan fingerprint density at radius 1 is 1.14 bits per heavy atom. The SMILES string of the molecule is O=C(c1ccccc1F)N1CCOC(Cc2ccccc2)C1. The fraction of sp³-hybridized carbons (Fsp3) is 0.278. The Labute approximate surface area is 129 Å². The minimum Gasteiger partial charge on any atom is -0.374 e. The molecule has 1 aliphatic heterocycles. The van der Waals surface area contributed by atoms with Gasteiger partial charge in [0, 0.05) is 19.5 Å². The number of halogens is 1. The predicted octanol–water partition coefficient (Wildman–Crippen LogP) is 2.91. The first-order valence-electron chi connectivity index (χ1n) is 7.43. The average molecular weight is 299 g/mol. The fourth-order valence-corrected chi connectivity index (χ4v) is 2.71. The van der Waals surface area contributed by atoms with Crippen molar-refractivity contribution in [2.75, 3.05) is 19.7 Å². The van der Waals surface area contributed by atoms with Crippen LogP contribution in [0.25, 0.3) is 0 Å². The molecule has 1 fully saturated rings. The van der Waals surface area contributed by atoms with Crippen LogP contribution in [0.5, 0.6) is 0 Å². The van der Waals surface area contributed by atoms with Gasteiger partial charge in [0.1, 0.15) is 5.82 Å².